The van der Waals surface area contributed by atoms with E-state index in [4.69, 9.17) is 0 Å². The largest absolute Gasteiger partial charge is 0.338 e. The molecule has 4 nitrogen and oxygen atoms in total. The molecule has 0 spiro atoms. The molecular weight excluding hydrogens is 280 g/mol. The molecule has 0 unspecified atom stereocenters. The number of thioether (sulfide) groups is 1. The maximum atomic E-state index is 11.6. The summed E-state index contributed by atoms with van der Waals surface area (Å²) in [5, 5.41) is 5.55. The molecule has 1 rings (SSSR count). The molecule has 0 saturated heterocycles. The highest BCUT2D eigenvalue weighted by molar-refractivity contribution is 7.99. The van der Waals surface area contributed by atoms with Gasteiger partial charge < -0.3 is 10.6 Å². The first-order valence-corrected chi connectivity index (χ1v) is 8.91. The van der Waals surface area contributed by atoms with E-state index < -0.39 is 10.8 Å². The van der Waals surface area contributed by atoms with Crippen LogP contribution in [0, 0.1) is 0 Å². The molecule has 0 fully saturated rings. The number of nitrogens with one attached hydrogen (secondary N) is 2. The molecule has 6 heteroatoms. The van der Waals surface area contributed by atoms with Crippen LogP contribution in [-0.2, 0) is 10.8 Å². The monoisotopic (exact) mass is 300 g/mol. The van der Waals surface area contributed by atoms with Crippen LogP contribution in [0.5, 0.6) is 0 Å². The highest BCUT2D eigenvalue weighted by Crippen LogP contribution is 2.11. The Morgan fingerprint density at radius 3 is 2.58 bits per heavy atom. The first-order valence-electron chi connectivity index (χ1n) is 6.19. The van der Waals surface area contributed by atoms with Crippen molar-refractivity contribution in [2.45, 2.75) is 18.2 Å². The van der Waals surface area contributed by atoms with Gasteiger partial charge in [-0.25, -0.2) is 4.79 Å². The van der Waals surface area contributed by atoms with Crippen molar-refractivity contribution in [1.82, 2.24) is 5.32 Å². The minimum atomic E-state index is -0.989. The Balaban J connectivity index is 2.30. The van der Waals surface area contributed by atoms with Crippen molar-refractivity contribution in [2.75, 3.05) is 29.6 Å². The molecule has 0 aliphatic heterocycles. The summed E-state index contributed by atoms with van der Waals surface area (Å²) in [5.41, 5.74) is 0.703. The van der Waals surface area contributed by atoms with E-state index in [1.807, 2.05) is 11.8 Å². The van der Waals surface area contributed by atoms with Gasteiger partial charge in [-0.3, -0.25) is 4.21 Å². The maximum Gasteiger partial charge on any atom is 0.319 e. The van der Waals surface area contributed by atoms with Crippen LogP contribution in [0.2, 0.25) is 0 Å². The van der Waals surface area contributed by atoms with Crippen molar-refractivity contribution in [1.29, 1.82) is 0 Å². The molecule has 0 radical (unpaired) electrons. The predicted octanol–water partition coefficient (Wildman–Crippen LogP) is 2.69. The number of amides is 2. The van der Waals surface area contributed by atoms with E-state index in [-0.39, 0.29) is 6.03 Å². The van der Waals surface area contributed by atoms with Gasteiger partial charge in [0.1, 0.15) is 0 Å². The molecule has 0 saturated carbocycles. The fraction of sp³-hybridized carbons (Fsp3) is 0.462. The zero-order valence-corrected chi connectivity index (χ0v) is 12.9. The van der Waals surface area contributed by atoms with E-state index >= 15 is 0 Å². The van der Waals surface area contributed by atoms with Gasteiger partial charge in [-0.05, 0) is 42.2 Å². The number of benzene rings is 1. The molecule has 0 aliphatic carbocycles. The molecule has 2 amide bonds. The van der Waals surface area contributed by atoms with Crippen molar-refractivity contribution in [3.63, 3.8) is 0 Å². The maximum absolute atomic E-state index is 11.6. The zero-order valence-electron chi connectivity index (χ0n) is 11.3. The summed E-state index contributed by atoms with van der Waals surface area (Å²) in [4.78, 5) is 12.3. The standard InChI is InChI=1S/C13H20N2O2S2/c1-3-18-10-4-9-14-13(16)15-11-5-7-12(8-6-11)19(2)17/h5-8H,3-4,9-10H2,1-2H3,(H2,14,15,16)/t19-/m0/s1. The first-order chi connectivity index (χ1) is 9.13. The normalized spacial score (nSPS) is 11.9. The number of carbonyl (C=O) groups is 1. The van der Waals surface area contributed by atoms with Gasteiger partial charge >= 0.3 is 6.03 Å². The Hall–Kier alpha value is -1.01. The van der Waals surface area contributed by atoms with Crippen LogP contribution in [0.15, 0.2) is 29.2 Å². The van der Waals surface area contributed by atoms with Crippen LogP contribution >= 0.6 is 11.8 Å². The van der Waals surface area contributed by atoms with Crippen LogP contribution in [0.25, 0.3) is 0 Å². The minimum Gasteiger partial charge on any atom is -0.338 e. The van der Waals surface area contributed by atoms with E-state index in [1.54, 1.807) is 30.5 Å². The number of hydrogen-bond acceptors (Lipinski definition) is 3. The minimum absolute atomic E-state index is 0.202. The summed E-state index contributed by atoms with van der Waals surface area (Å²) in [6.07, 6.45) is 2.60. The highest BCUT2D eigenvalue weighted by Gasteiger charge is 2.02. The average molecular weight is 300 g/mol. The van der Waals surface area contributed by atoms with Crippen LogP contribution in [-0.4, -0.2) is 34.5 Å². The highest BCUT2D eigenvalue weighted by atomic mass is 32.2. The number of urea groups is 1. The third-order valence-corrected chi connectivity index (χ3v) is 4.32. The molecule has 2 N–H and O–H groups in total. The van der Waals surface area contributed by atoms with Gasteiger partial charge in [0, 0.05) is 34.2 Å². The van der Waals surface area contributed by atoms with E-state index in [1.165, 1.54) is 0 Å². The quantitative estimate of drug-likeness (QED) is 0.761. The lowest BCUT2D eigenvalue weighted by atomic mass is 10.3. The second-order valence-electron chi connectivity index (χ2n) is 3.91. The fourth-order valence-corrected chi connectivity index (χ4v) is 2.58. The average Bonchev–Trinajstić information content (AvgIpc) is 2.39. The second kappa shape index (κ2) is 8.98. The molecule has 1 atom stereocenters. The predicted molar refractivity (Wildman–Crippen MR) is 83.4 cm³/mol. The SMILES string of the molecule is CCSCCCNC(=O)Nc1ccc([S@](C)=O)cc1. The lowest BCUT2D eigenvalue weighted by Crippen LogP contribution is -2.29. The van der Waals surface area contributed by atoms with Crippen molar-refractivity contribution in [3.8, 4) is 0 Å². The van der Waals surface area contributed by atoms with Gasteiger partial charge in [-0.15, -0.1) is 0 Å². The fourth-order valence-electron chi connectivity index (χ4n) is 1.43. The molecule has 0 bridgehead atoms. The molecule has 0 aromatic heterocycles. The summed E-state index contributed by atoms with van der Waals surface area (Å²) in [7, 11) is -0.989. The molecule has 19 heavy (non-hydrogen) atoms. The third kappa shape index (κ3) is 6.63. The van der Waals surface area contributed by atoms with Gasteiger partial charge in [-0.1, -0.05) is 6.92 Å². The van der Waals surface area contributed by atoms with Crippen molar-refractivity contribution in [2.24, 2.45) is 0 Å². The Morgan fingerprint density at radius 2 is 2.00 bits per heavy atom. The van der Waals surface area contributed by atoms with Gasteiger partial charge in [0.2, 0.25) is 0 Å². The summed E-state index contributed by atoms with van der Waals surface area (Å²) in [5.74, 6) is 2.17. The van der Waals surface area contributed by atoms with E-state index in [2.05, 4.69) is 17.6 Å². The molecule has 1 aromatic carbocycles. The van der Waals surface area contributed by atoms with E-state index in [0.717, 1.165) is 22.8 Å². The van der Waals surface area contributed by atoms with Crippen LogP contribution in [0.4, 0.5) is 10.5 Å². The van der Waals surface area contributed by atoms with E-state index in [9.17, 15) is 9.00 Å². The molecule has 1 aromatic rings. The summed E-state index contributed by atoms with van der Waals surface area (Å²) in [6.45, 7) is 2.80. The Morgan fingerprint density at radius 1 is 1.32 bits per heavy atom. The van der Waals surface area contributed by atoms with Crippen molar-refractivity contribution in [3.05, 3.63) is 24.3 Å². The Kier molecular flexibility index (Phi) is 7.59. The smallest absolute Gasteiger partial charge is 0.319 e. The first kappa shape index (κ1) is 16.0. The van der Waals surface area contributed by atoms with Crippen molar-refractivity contribution < 1.29 is 9.00 Å². The number of hydrogen-bond donors (Lipinski definition) is 2. The molecule has 106 valence electrons. The topological polar surface area (TPSA) is 58.2 Å². The second-order valence-corrected chi connectivity index (χ2v) is 6.68. The lowest BCUT2D eigenvalue weighted by molar-refractivity contribution is 0.252. The Labute approximate surface area is 121 Å². The molecule has 0 aliphatic rings. The summed E-state index contributed by atoms with van der Waals surface area (Å²) < 4.78 is 11.2. The van der Waals surface area contributed by atoms with Crippen molar-refractivity contribution >= 4 is 34.3 Å². The van der Waals surface area contributed by atoms with Crippen LogP contribution in [0.3, 0.4) is 0 Å². The van der Waals surface area contributed by atoms with Gasteiger partial charge in [-0.2, -0.15) is 11.8 Å². The number of rotatable bonds is 7. The third-order valence-electron chi connectivity index (χ3n) is 2.40. The molecule has 0 heterocycles. The lowest BCUT2D eigenvalue weighted by Gasteiger charge is -2.07. The number of carbonyl (C=O) groups excluding carboxylic acids is 1. The Bertz CT molecular complexity index is 421. The zero-order chi connectivity index (χ0) is 14.1. The van der Waals surface area contributed by atoms with Crippen LogP contribution in [0.1, 0.15) is 13.3 Å². The number of anilines is 1. The van der Waals surface area contributed by atoms with Gasteiger partial charge in [0.25, 0.3) is 0 Å². The van der Waals surface area contributed by atoms with Crippen LogP contribution < -0.4 is 10.6 Å². The molecular formula is C13H20N2O2S2. The summed E-state index contributed by atoms with van der Waals surface area (Å²) in [6, 6.07) is 6.81. The van der Waals surface area contributed by atoms with Gasteiger partial charge in [0.15, 0.2) is 0 Å². The van der Waals surface area contributed by atoms with E-state index in [0.29, 0.717) is 12.2 Å². The van der Waals surface area contributed by atoms with Gasteiger partial charge in [0.05, 0.1) is 0 Å². The summed E-state index contributed by atoms with van der Waals surface area (Å²) >= 11 is 1.87.